The largest absolute Gasteiger partial charge is 0.444 e. The predicted molar refractivity (Wildman–Crippen MR) is 135 cm³/mol. The van der Waals surface area contributed by atoms with E-state index in [1.807, 2.05) is 18.2 Å². The number of H-pyrrole nitrogens is 1. The quantitative estimate of drug-likeness (QED) is 0.329. The Labute approximate surface area is 217 Å². The smallest absolute Gasteiger partial charge is 0.413 e. The maximum atomic E-state index is 12.9. The van der Waals surface area contributed by atoms with Crippen molar-refractivity contribution in [3.8, 4) is 0 Å². The second kappa shape index (κ2) is 12.5. The Morgan fingerprint density at radius 1 is 1.16 bits per heavy atom. The number of anilines is 1. The highest BCUT2D eigenvalue weighted by Crippen LogP contribution is 2.17. The van der Waals surface area contributed by atoms with E-state index < -0.39 is 29.4 Å². The fraction of sp³-hybridized carbons (Fsp3) is 0.375. The van der Waals surface area contributed by atoms with Crippen LogP contribution in [0.1, 0.15) is 26.3 Å². The molecule has 0 bridgehead atoms. The number of amides is 3. The van der Waals surface area contributed by atoms with Crippen molar-refractivity contribution in [2.45, 2.75) is 39.5 Å². The number of aldehydes is 1. The molecule has 3 rings (SSSR count). The van der Waals surface area contributed by atoms with Crippen LogP contribution in [0.2, 0.25) is 0 Å². The van der Waals surface area contributed by atoms with Crippen LogP contribution in [-0.4, -0.2) is 74.0 Å². The van der Waals surface area contributed by atoms with E-state index in [1.165, 1.54) is 15.8 Å². The van der Waals surface area contributed by atoms with Crippen LogP contribution in [0.3, 0.4) is 0 Å². The van der Waals surface area contributed by atoms with Gasteiger partial charge in [0.15, 0.2) is 5.65 Å². The lowest BCUT2D eigenvalue weighted by Gasteiger charge is -2.22. The summed E-state index contributed by atoms with van der Waals surface area (Å²) >= 11 is 0. The first kappa shape index (κ1) is 27.8. The van der Waals surface area contributed by atoms with Crippen LogP contribution in [0.4, 0.5) is 15.4 Å². The minimum absolute atomic E-state index is 0.0173. The standard InChI is InChI=1S/C24H29N7O7/c1-24(2,3)38-22(35)25-9-10-30(11-12-32)17(33)13-31-15-26-18-19(27-21(34)29-20(18)31)28-23(36)37-14-16-7-5-4-6-8-16/h4-8,12,15H,9-11,13-14H2,1-3H3,(H,25,35)(H2,27,28,29,34,36). The predicted octanol–water partition coefficient (Wildman–Crippen LogP) is 1.42. The number of benzene rings is 1. The van der Waals surface area contributed by atoms with Gasteiger partial charge in [0.1, 0.15) is 36.4 Å². The van der Waals surface area contributed by atoms with E-state index in [4.69, 9.17) is 9.47 Å². The third kappa shape index (κ3) is 8.15. The van der Waals surface area contributed by atoms with E-state index in [1.54, 1.807) is 32.9 Å². The molecule has 2 heterocycles. The van der Waals surface area contributed by atoms with Crippen molar-refractivity contribution in [1.82, 2.24) is 29.7 Å². The normalized spacial score (nSPS) is 11.0. The molecule has 1 aromatic carbocycles. The van der Waals surface area contributed by atoms with Crippen molar-refractivity contribution in [3.05, 3.63) is 52.7 Å². The zero-order valence-electron chi connectivity index (χ0n) is 21.2. The molecular formula is C24H29N7O7. The van der Waals surface area contributed by atoms with Crippen LogP contribution >= 0.6 is 0 Å². The van der Waals surface area contributed by atoms with Crippen molar-refractivity contribution in [2.24, 2.45) is 0 Å². The number of rotatable bonds is 10. The Kier molecular flexibility index (Phi) is 9.13. The highest BCUT2D eigenvalue weighted by molar-refractivity contribution is 5.93. The molecule has 3 amide bonds. The first-order chi connectivity index (χ1) is 18.1. The number of ether oxygens (including phenoxy) is 2. The van der Waals surface area contributed by atoms with Crippen LogP contribution in [0.5, 0.6) is 0 Å². The third-order valence-electron chi connectivity index (χ3n) is 4.93. The van der Waals surface area contributed by atoms with E-state index in [0.717, 1.165) is 5.56 Å². The van der Waals surface area contributed by atoms with Gasteiger partial charge >= 0.3 is 17.9 Å². The number of aromatic amines is 1. The van der Waals surface area contributed by atoms with E-state index in [9.17, 15) is 24.0 Å². The highest BCUT2D eigenvalue weighted by atomic mass is 16.6. The number of carbonyl (C=O) groups excluding carboxylic acids is 4. The first-order valence-corrected chi connectivity index (χ1v) is 11.7. The lowest BCUT2D eigenvalue weighted by Crippen LogP contribution is -2.42. The SMILES string of the molecule is CC(C)(C)OC(=O)NCCN(CC=O)C(=O)Cn1cnc2c(NC(=O)OCc3ccccc3)[nH]c(=O)nc21. The molecule has 3 aromatic rings. The van der Waals surface area contributed by atoms with Crippen LogP contribution in [0.25, 0.3) is 11.2 Å². The number of aromatic nitrogens is 4. The molecule has 38 heavy (non-hydrogen) atoms. The molecule has 0 saturated heterocycles. The first-order valence-electron chi connectivity index (χ1n) is 11.7. The molecule has 0 atom stereocenters. The summed E-state index contributed by atoms with van der Waals surface area (Å²) < 4.78 is 11.6. The van der Waals surface area contributed by atoms with Crippen LogP contribution < -0.4 is 16.3 Å². The van der Waals surface area contributed by atoms with Crippen molar-refractivity contribution in [2.75, 3.05) is 25.0 Å². The summed E-state index contributed by atoms with van der Waals surface area (Å²) in [5, 5.41) is 4.96. The van der Waals surface area contributed by atoms with Gasteiger partial charge in [-0.25, -0.2) is 19.4 Å². The number of carbonyl (C=O) groups is 4. The fourth-order valence-corrected chi connectivity index (χ4v) is 3.29. The molecule has 0 saturated carbocycles. The van der Waals surface area contributed by atoms with E-state index in [-0.39, 0.29) is 49.8 Å². The van der Waals surface area contributed by atoms with Crippen LogP contribution in [0, 0.1) is 0 Å². The third-order valence-corrected chi connectivity index (χ3v) is 4.93. The lowest BCUT2D eigenvalue weighted by molar-refractivity contribution is -0.133. The molecule has 0 unspecified atom stereocenters. The summed E-state index contributed by atoms with van der Waals surface area (Å²) in [5.74, 6) is -0.531. The molecule has 0 aliphatic heterocycles. The molecule has 3 N–H and O–H groups in total. The maximum absolute atomic E-state index is 12.9. The van der Waals surface area contributed by atoms with Gasteiger partial charge in [-0.3, -0.25) is 15.1 Å². The van der Waals surface area contributed by atoms with Gasteiger partial charge in [0.2, 0.25) is 5.91 Å². The monoisotopic (exact) mass is 527 g/mol. The highest BCUT2D eigenvalue weighted by Gasteiger charge is 2.20. The van der Waals surface area contributed by atoms with Gasteiger partial charge in [-0.2, -0.15) is 4.98 Å². The number of fused-ring (bicyclic) bond motifs is 1. The molecule has 14 nitrogen and oxygen atoms in total. The zero-order chi connectivity index (χ0) is 27.7. The van der Waals surface area contributed by atoms with Gasteiger partial charge in [-0.1, -0.05) is 30.3 Å². The summed E-state index contributed by atoms with van der Waals surface area (Å²) in [6, 6.07) is 9.03. The lowest BCUT2D eigenvalue weighted by atomic mass is 10.2. The summed E-state index contributed by atoms with van der Waals surface area (Å²) in [4.78, 5) is 71.9. The number of nitrogens with one attached hydrogen (secondary N) is 3. The zero-order valence-corrected chi connectivity index (χ0v) is 21.2. The second-order valence-electron chi connectivity index (χ2n) is 9.08. The molecule has 0 spiro atoms. The van der Waals surface area contributed by atoms with Gasteiger partial charge in [0.05, 0.1) is 12.9 Å². The van der Waals surface area contributed by atoms with Gasteiger partial charge in [-0.15, -0.1) is 0 Å². The average Bonchev–Trinajstić information content (AvgIpc) is 3.24. The summed E-state index contributed by atoms with van der Waals surface area (Å²) in [6.07, 6.45) is 0.366. The Morgan fingerprint density at radius 2 is 1.89 bits per heavy atom. The van der Waals surface area contributed by atoms with Crippen molar-refractivity contribution in [3.63, 3.8) is 0 Å². The summed E-state index contributed by atoms with van der Waals surface area (Å²) in [7, 11) is 0. The van der Waals surface area contributed by atoms with Crippen molar-refractivity contribution < 1.29 is 28.7 Å². The fourth-order valence-electron chi connectivity index (χ4n) is 3.29. The van der Waals surface area contributed by atoms with Crippen molar-refractivity contribution in [1.29, 1.82) is 0 Å². The number of nitrogens with zero attached hydrogens (tertiary/aromatic N) is 4. The van der Waals surface area contributed by atoms with E-state index in [2.05, 4.69) is 25.6 Å². The Bertz CT molecular complexity index is 1350. The minimum atomic E-state index is -0.822. The molecule has 202 valence electrons. The second-order valence-corrected chi connectivity index (χ2v) is 9.08. The summed E-state index contributed by atoms with van der Waals surface area (Å²) in [5.41, 5.74) is -0.514. The minimum Gasteiger partial charge on any atom is -0.444 e. The molecule has 0 aliphatic rings. The Balaban J connectivity index is 1.66. The van der Waals surface area contributed by atoms with Crippen LogP contribution in [0.15, 0.2) is 41.5 Å². The Hall–Kier alpha value is -4.75. The topological polar surface area (TPSA) is 178 Å². The van der Waals surface area contributed by atoms with Gasteiger partial charge in [-0.05, 0) is 26.3 Å². The van der Waals surface area contributed by atoms with E-state index >= 15 is 0 Å². The molecule has 2 aromatic heterocycles. The number of hydrogen-bond donors (Lipinski definition) is 3. The van der Waals surface area contributed by atoms with Crippen molar-refractivity contribution >= 4 is 41.4 Å². The molecule has 0 aliphatic carbocycles. The molecule has 14 heteroatoms. The average molecular weight is 528 g/mol. The summed E-state index contributed by atoms with van der Waals surface area (Å²) in [6.45, 7) is 4.76. The number of hydrogen-bond acceptors (Lipinski definition) is 9. The van der Waals surface area contributed by atoms with Gasteiger partial charge in [0, 0.05) is 13.1 Å². The number of imidazole rings is 1. The van der Waals surface area contributed by atoms with E-state index in [0.29, 0.717) is 6.29 Å². The molecule has 0 fully saturated rings. The van der Waals surface area contributed by atoms with Gasteiger partial charge in [0.25, 0.3) is 0 Å². The number of alkyl carbamates (subject to hydrolysis) is 1. The molecular weight excluding hydrogens is 498 g/mol. The molecule has 0 radical (unpaired) electrons. The maximum Gasteiger partial charge on any atom is 0.413 e. The Morgan fingerprint density at radius 3 is 2.58 bits per heavy atom. The van der Waals surface area contributed by atoms with Crippen LogP contribution in [-0.2, 0) is 32.2 Å². The van der Waals surface area contributed by atoms with Gasteiger partial charge < -0.3 is 29.1 Å².